The maximum Gasteiger partial charge on any atom is 0.270 e. The topological polar surface area (TPSA) is 56.4 Å². The molecule has 1 amide bonds. The minimum absolute atomic E-state index is 0.0123. The smallest absolute Gasteiger partial charge is 0.270 e. The Bertz CT molecular complexity index is 863. The molecule has 5 nitrogen and oxygen atoms in total. The summed E-state index contributed by atoms with van der Waals surface area (Å²) in [7, 11) is 1.84. The molecule has 0 aliphatic carbocycles. The van der Waals surface area contributed by atoms with Gasteiger partial charge in [0.05, 0.1) is 0 Å². The fourth-order valence-corrected chi connectivity index (χ4v) is 4.27. The number of nitrogens with zero attached hydrogens (tertiary/aromatic N) is 2. The third kappa shape index (κ3) is 3.98. The first-order valence-electron chi connectivity index (χ1n) is 10.2. The molecule has 0 atom stereocenters. The highest BCUT2D eigenvalue weighted by Gasteiger charge is 2.25. The molecule has 28 heavy (non-hydrogen) atoms. The van der Waals surface area contributed by atoms with Crippen molar-refractivity contribution in [1.29, 1.82) is 0 Å². The SMILES string of the molecule is CCCc1c(C(=O)N(C)Cc2ccccc2N2CCCC2)[nH]c(C)c1C(C)=O. The summed E-state index contributed by atoms with van der Waals surface area (Å²) in [4.78, 5) is 32.7. The van der Waals surface area contributed by atoms with E-state index in [1.807, 2.05) is 20.0 Å². The fourth-order valence-electron chi connectivity index (χ4n) is 4.27. The molecule has 1 N–H and O–H groups in total. The number of aryl methyl sites for hydroxylation is 1. The summed E-state index contributed by atoms with van der Waals surface area (Å²) in [5.74, 6) is -0.0476. The lowest BCUT2D eigenvalue weighted by atomic mass is 10.0. The summed E-state index contributed by atoms with van der Waals surface area (Å²) in [6, 6.07) is 8.34. The maximum absolute atomic E-state index is 13.2. The van der Waals surface area contributed by atoms with Crippen molar-refractivity contribution in [2.24, 2.45) is 0 Å². The van der Waals surface area contributed by atoms with Crippen LogP contribution in [0.4, 0.5) is 5.69 Å². The quantitative estimate of drug-likeness (QED) is 0.726. The second kappa shape index (κ2) is 8.63. The molecule has 1 aromatic carbocycles. The Kier molecular flexibility index (Phi) is 6.22. The summed E-state index contributed by atoms with van der Waals surface area (Å²) in [6.45, 7) is 8.20. The van der Waals surface area contributed by atoms with Gasteiger partial charge < -0.3 is 14.8 Å². The first-order chi connectivity index (χ1) is 13.4. The summed E-state index contributed by atoms with van der Waals surface area (Å²) in [5, 5.41) is 0. The lowest BCUT2D eigenvalue weighted by molar-refractivity contribution is 0.0779. The van der Waals surface area contributed by atoms with Crippen LogP contribution in [0.3, 0.4) is 0 Å². The number of amides is 1. The van der Waals surface area contributed by atoms with Crippen molar-refractivity contribution in [2.45, 2.75) is 53.0 Å². The van der Waals surface area contributed by atoms with Gasteiger partial charge in [-0.3, -0.25) is 9.59 Å². The molecule has 1 aliphatic heterocycles. The van der Waals surface area contributed by atoms with Gasteiger partial charge in [-0.25, -0.2) is 0 Å². The number of nitrogens with one attached hydrogen (secondary N) is 1. The van der Waals surface area contributed by atoms with E-state index in [-0.39, 0.29) is 11.7 Å². The van der Waals surface area contributed by atoms with Gasteiger partial charge in [-0.15, -0.1) is 0 Å². The van der Waals surface area contributed by atoms with Gasteiger partial charge in [0.25, 0.3) is 5.91 Å². The highest BCUT2D eigenvalue weighted by Crippen LogP contribution is 2.27. The van der Waals surface area contributed by atoms with E-state index in [0.29, 0.717) is 17.8 Å². The second-order valence-corrected chi connectivity index (χ2v) is 7.77. The average Bonchev–Trinajstić information content (AvgIpc) is 3.30. The van der Waals surface area contributed by atoms with E-state index in [4.69, 9.17) is 0 Å². The van der Waals surface area contributed by atoms with Gasteiger partial charge >= 0.3 is 0 Å². The number of hydrogen-bond donors (Lipinski definition) is 1. The molecule has 150 valence electrons. The monoisotopic (exact) mass is 381 g/mol. The van der Waals surface area contributed by atoms with Crippen LogP contribution in [-0.2, 0) is 13.0 Å². The molecule has 0 bridgehead atoms. The van der Waals surface area contributed by atoms with Crippen LogP contribution in [0.2, 0.25) is 0 Å². The Morgan fingerprint density at radius 2 is 1.86 bits per heavy atom. The largest absolute Gasteiger partial charge is 0.371 e. The van der Waals surface area contributed by atoms with E-state index in [9.17, 15) is 9.59 Å². The molecule has 1 fully saturated rings. The summed E-state index contributed by atoms with van der Waals surface area (Å²) in [5.41, 5.74) is 5.26. The fraction of sp³-hybridized carbons (Fsp3) is 0.478. The number of rotatable bonds is 7. The molecular formula is C23H31N3O2. The van der Waals surface area contributed by atoms with Crippen LogP contribution in [0.25, 0.3) is 0 Å². The molecule has 1 aromatic heterocycles. The number of carbonyl (C=O) groups excluding carboxylic acids is 2. The van der Waals surface area contributed by atoms with Gasteiger partial charge in [-0.2, -0.15) is 0 Å². The molecule has 2 aromatic rings. The van der Waals surface area contributed by atoms with Gasteiger partial charge in [0.2, 0.25) is 0 Å². The first kappa shape index (κ1) is 20.2. The minimum Gasteiger partial charge on any atom is -0.371 e. The van der Waals surface area contributed by atoms with Crippen LogP contribution < -0.4 is 4.90 Å². The highest BCUT2D eigenvalue weighted by molar-refractivity contribution is 6.02. The van der Waals surface area contributed by atoms with Crippen molar-refractivity contribution >= 4 is 17.4 Å². The van der Waals surface area contributed by atoms with Crippen molar-refractivity contribution in [1.82, 2.24) is 9.88 Å². The number of benzene rings is 1. The number of hydrogen-bond acceptors (Lipinski definition) is 3. The van der Waals surface area contributed by atoms with Gasteiger partial charge in [0, 0.05) is 43.6 Å². The molecule has 0 unspecified atom stereocenters. The van der Waals surface area contributed by atoms with E-state index < -0.39 is 0 Å². The number of aromatic nitrogens is 1. The summed E-state index contributed by atoms with van der Waals surface area (Å²) < 4.78 is 0. The zero-order chi connectivity index (χ0) is 20.3. The Labute approximate surface area is 167 Å². The van der Waals surface area contributed by atoms with Gasteiger partial charge in [-0.1, -0.05) is 31.5 Å². The Morgan fingerprint density at radius 3 is 2.50 bits per heavy atom. The molecule has 0 saturated carbocycles. The predicted octanol–water partition coefficient (Wildman–Crippen LogP) is 4.35. The van der Waals surface area contributed by atoms with Crippen molar-refractivity contribution in [2.75, 3.05) is 25.0 Å². The minimum atomic E-state index is -0.0599. The molecule has 2 heterocycles. The number of ketones is 1. The third-order valence-electron chi connectivity index (χ3n) is 5.55. The first-order valence-corrected chi connectivity index (χ1v) is 10.2. The van der Waals surface area contributed by atoms with Crippen molar-refractivity contribution in [3.8, 4) is 0 Å². The van der Waals surface area contributed by atoms with Crippen molar-refractivity contribution < 1.29 is 9.59 Å². The van der Waals surface area contributed by atoms with Gasteiger partial charge in [0.1, 0.15) is 5.69 Å². The van der Waals surface area contributed by atoms with Crippen LogP contribution >= 0.6 is 0 Å². The normalized spacial score (nSPS) is 13.8. The predicted molar refractivity (Wildman–Crippen MR) is 113 cm³/mol. The highest BCUT2D eigenvalue weighted by atomic mass is 16.2. The molecule has 1 aliphatic rings. The van der Waals surface area contributed by atoms with Crippen molar-refractivity contribution in [3.05, 3.63) is 52.3 Å². The third-order valence-corrected chi connectivity index (χ3v) is 5.55. The van der Waals surface area contributed by atoms with E-state index in [1.54, 1.807) is 11.8 Å². The van der Waals surface area contributed by atoms with E-state index in [1.165, 1.54) is 18.5 Å². The number of aromatic amines is 1. The number of Topliss-reactive ketones (excluding diaryl/α,β-unsaturated/α-hetero) is 1. The number of H-pyrrole nitrogens is 1. The van der Waals surface area contributed by atoms with Crippen LogP contribution in [-0.4, -0.2) is 41.7 Å². The van der Waals surface area contributed by atoms with E-state index in [2.05, 4.69) is 35.0 Å². The van der Waals surface area contributed by atoms with E-state index >= 15 is 0 Å². The lowest BCUT2D eigenvalue weighted by Crippen LogP contribution is -2.29. The van der Waals surface area contributed by atoms with Crippen molar-refractivity contribution in [3.63, 3.8) is 0 Å². The molecule has 1 saturated heterocycles. The van der Waals surface area contributed by atoms with Crippen LogP contribution in [0.15, 0.2) is 24.3 Å². The molecule has 5 heteroatoms. The standard InChI is InChI=1S/C23H31N3O2/c1-5-10-19-21(17(3)27)16(2)24-22(19)23(28)25(4)15-18-11-6-7-12-20(18)26-13-8-9-14-26/h6-7,11-12,24H,5,8-10,13-15H2,1-4H3. The van der Waals surface area contributed by atoms with Gasteiger partial charge in [0.15, 0.2) is 5.78 Å². The zero-order valence-corrected chi connectivity index (χ0v) is 17.5. The molecule has 0 spiro atoms. The Hall–Kier alpha value is -2.56. The summed E-state index contributed by atoms with van der Waals surface area (Å²) in [6.07, 6.45) is 4.05. The van der Waals surface area contributed by atoms with Gasteiger partial charge in [-0.05, 0) is 50.3 Å². The molecule has 0 radical (unpaired) electrons. The number of carbonyl (C=O) groups is 2. The summed E-state index contributed by atoms with van der Waals surface area (Å²) >= 11 is 0. The molecule has 3 rings (SSSR count). The zero-order valence-electron chi connectivity index (χ0n) is 17.5. The average molecular weight is 382 g/mol. The molecular weight excluding hydrogens is 350 g/mol. The lowest BCUT2D eigenvalue weighted by Gasteiger charge is -2.24. The Balaban J connectivity index is 1.86. The van der Waals surface area contributed by atoms with E-state index in [0.717, 1.165) is 42.8 Å². The van der Waals surface area contributed by atoms with Crippen LogP contribution in [0.5, 0.6) is 0 Å². The van der Waals surface area contributed by atoms with Crippen LogP contribution in [0, 0.1) is 6.92 Å². The number of anilines is 1. The maximum atomic E-state index is 13.2. The second-order valence-electron chi connectivity index (χ2n) is 7.77. The van der Waals surface area contributed by atoms with Crippen LogP contribution in [0.1, 0.15) is 70.8 Å². The number of para-hydroxylation sites is 1. The Morgan fingerprint density at radius 1 is 1.18 bits per heavy atom.